The average Bonchev–Trinajstić information content (AvgIpc) is 1.91. The van der Waals surface area contributed by atoms with Gasteiger partial charge in [-0.15, -0.1) is 0 Å². The number of hydrogen-bond donors (Lipinski definition) is 0. The lowest BCUT2D eigenvalue weighted by molar-refractivity contribution is 0.487. The predicted octanol–water partition coefficient (Wildman–Crippen LogP) is 2.49. The zero-order valence-electron chi connectivity index (χ0n) is 7.14. The van der Waals surface area contributed by atoms with Crippen molar-refractivity contribution in [3.05, 3.63) is 25.6 Å². The van der Waals surface area contributed by atoms with Crippen LogP contribution in [0.5, 0.6) is 0 Å². The first-order chi connectivity index (χ1) is 4.35. The van der Waals surface area contributed by atoms with Gasteiger partial charge in [-0.05, 0) is 18.8 Å². The molecule has 0 aliphatic heterocycles. The molecule has 0 aliphatic carbocycles. The van der Waals surface area contributed by atoms with Gasteiger partial charge in [-0.1, -0.05) is 26.5 Å². The Hall–Kier alpha value is -0.720. The lowest BCUT2D eigenvalue weighted by Crippen LogP contribution is -2.09. The molecule has 0 aliphatic rings. The summed E-state index contributed by atoms with van der Waals surface area (Å²) in [6, 6.07) is 0. The van der Waals surface area contributed by atoms with Gasteiger partial charge in [0.1, 0.15) is 0 Å². The van der Waals surface area contributed by atoms with Gasteiger partial charge < -0.3 is 4.90 Å². The fourth-order valence-corrected chi connectivity index (χ4v) is 0.598. The van der Waals surface area contributed by atoms with Gasteiger partial charge in [0.15, 0.2) is 0 Å². The second kappa shape index (κ2) is 5.42. The van der Waals surface area contributed by atoms with Crippen molar-refractivity contribution in [3.63, 3.8) is 0 Å². The molecule has 0 aromatic heterocycles. The van der Waals surface area contributed by atoms with Crippen molar-refractivity contribution in [2.45, 2.75) is 19.8 Å². The first kappa shape index (κ1) is 8.28. The summed E-state index contributed by atoms with van der Waals surface area (Å²) in [4.78, 5) is 1.99. The first-order valence-electron chi connectivity index (χ1n) is 3.36. The van der Waals surface area contributed by atoms with Crippen LogP contribution in [0.2, 0.25) is 0 Å². The molecule has 0 bridgehead atoms. The predicted molar refractivity (Wildman–Crippen MR) is 43.1 cm³/mol. The van der Waals surface area contributed by atoms with Crippen molar-refractivity contribution in [1.29, 1.82) is 0 Å². The van der Waals surface area contributed by atoms with Crippen LogP contribution in [-0.2, 0) is 0 Å². The Morgan fingerprint density at radius 1 is 1.44 bits per heavy atom. The summed E-state index contributed by atoms with van der Waals surface area (Å²) < 4.78 is 0. The Labute approximate surface area is 59.2 Å². The maximum atomic E-state index is 3.64. The topological polar surface area (TPSA) is 3.24 Å². The summed E-state index contributed by atoms with van der Waals surface area (Å²) in [5, 5.41) is 0. The maximum absolute atomic E-state index is 3.64. The molecule has 0 spiro atoms. The van der Waals surface area contributed by atoms with Crippen molar-refractivity contribution in [2.24, 2.45) is 0 Å². The van der Waals surface area contributed by atoms with E-state index in [0.717, 1.165) is 6.54 Å². The number of unbranched alkanes of at least 4 members (excludes halogenated alkanes) is 1. The van der Waals surface area contributed by atoms with Gasteiger partial charge in [-0.3, -0.25) is 0 Å². The Kier molecular flexibility index (Phi) is 4.98. The van der Waals surface area contributed by atoms with E-state index in [1.165, 1.54) is 12.8 Å². The minimum absolute atomic E-state index is 0. The second-order valence-corrected chi connectivity index (χ2v) is 1.96. The van der Waals surface area contributed by atoms with E-state index in [1.54, 1.807) is 12.4 Å². The lowest BCUT2D eigenvalue weighted by Gasteiger charge is -2.12. The molecule has 0 atom stereocenters. The molecule has 0 rings (SSSR count). The maximum Gasteiger partial charge on any atom is 1.00 e. The van der Waals surface area contributed by atoms with E-state index in [2.05, 4.69) is 20.1 Å². The molecule has 0 amide bonds. The second-order valence-electron chi connectivity index (χ2n) is 1.96. The van der Waals surface area contributed by atoms with Gasteiger partial charge in [0, 0.05) is 6.54 Å². The van der Waals surface area contributed by atoms with Crippen molar-refractivity contribution in [1.82, 2.24) is 4.90 Å². The molecule has 52 valence electrons. The van der Waals surface area contributed by atoms with Gasteiger partial charge in [0.05, 0.1) is 0 Å². The van der Waals surface area contributed by atoms with Crippen LogP contribution >= 0.6 is 0 Å². The smallest absolute Gasteiger partial charge is 0.355 e. The Balaban J connectivity index is 0. The van der Waals surface area contributed by atoms with Crippen LogP contribution in [0, 0.1) is 0 Å². The van der Waals surface area contributed by atoms with Crippen molar-refractivity contribution >= 4 is 0 Å². The fourth-order valence-electron chi connectivity index (χ4n) is 0.598. The zero-order chi connectivity index (χ0) is 7.11. The van der Waals surface area contributed by atoms with Gasteiger partial charge in [0.25, 0.3) is 0 Å². The molecule has 0 aromatic carbocycles. The molecule has 0 heterocycles. The average molecular weight is 126 g/mol. The molecule has 1 heteroatoms. The number of rotatable bonds is 5. The van der Waals surface area contributed by atoms with Crippen LogP contribution in [0.1, 0.15) is 21.2 Å². The van der Waals surface area contributed by atoms with Gasteiger partial charge in [0.2, 0.25) is 0 Å². The van der Waals surface area contributed by atoms with Crippen molar-refractivity contribution < 1.29 is 1.43 Å². The molecule has 0 radical (unpaired) electrons. The van der Waals surface area contributed by atoms with Crippen LogP contribution in [0.4, 0.5) is 0 Å². The van der Waals surface area contributed by atoms with Crippen LogP contribution in [0.3, 0.4) is 0 Å². The summed E-state index contributed by atoms with van der Waals surface area (Å²) in [7, 11) is 0. The molecule has 0 N–H and O–H groups in total. The Morgan fingerprint density at radius 3 is 2.33 bits per heavy atom. The summed E-state index contributed by atoms with van der Waals surface area (Å²) in [5.41, 5.74) is 0. The monoisotopic (exact) mass is 126 g/mol. The van der Waals surface area contributed by atoms with E-state index < -0.39 is 0 Å². The third kappa shape index (κ3) is 3.83. The number of nitrogens with zero attached hydrogens (tertiary/aromatic N) is 1. The van der Waals surface area contributed by atoms with E-state index >= 15 is 0 Å². The quantitative estimate of drug-likeness (QED) is 0.547. The molecule has 1 nitrogen and oxygen atoms in total. The van der Waals surface area contributed by atoms with E-state index in [0.29, 0.717) is 0 Å². The van der Waals surface area contributed by atoms with E-state index in [9.17, 15) is 0 Å². The molecule has 0 aromatic rings. The van der Waals surface area contributed by atoms with Gasteiger partial charge >= 0.3 is 1.43 Å². The molecule has 0 unspecified atom stereocenters. The summed E-state index contributed by atoms with van der Waals surface area (Å²) in [6.07, 6.45) is 6.02. The molecule has 0 saturated carbocycles. The molecule has 9 heavy (non-hydrogen) atoms. The fraction of sp³-hybridized carbons (Fsp3) is 0.500. The van der Waals surface area contributed by atoms with Crippen molar-refractivity contribution in [2.75, 3.05) is 6.54 Å². The minimum atomic E-state index is 0. The highest BCUT2D eigenvalue weighted by molar-refractivity contribution is 4.79. The zero-order valence-corrected chi connectivity index (χ0v) is 6.14. The van der Waals surface area contributed by atoms with Gasteiger partial charge in [-0.25, -0.2) is 0 Å². The third-order valence-electron chi connectivity index (χ3n) is 1.24. The first-order valence-corrected chi connectivity index (χ1v) is 3.36. The largest absolute Gasteiger partial charge is 1.00 e. The van der Waals surface area contributed by atoms with Crippen molar-refractivity contribution in [3.8, 4) is 0 Å². The highest BCUT2D eigenvalue weighted by Gasteiger charge is 1.87. The van der Waals surface area contributed by atoms with Gasteiger partial charge in [-0.2, -0.15) is 0 Å². The van der Waals surface area contributed by atoms with Crippen LogP contribution in [0.25, 0.3) is 0 Å². The Bertz CT molecular complexity index is 83.3. The van der Waals surface area contributed by atoms with Crippen LogP contribution in [-0.4, -0.2) is 11.4 Å². The van der Waals surface area contributed by atoms with E-state index in [4.69, 9.17) is 0 Å². The molecule has 0 fully saturated rings. The lowest BCUT2D eigenvalue weighted by atomic mass is 10.3. The SMILES string of the molecule is C=CN(C=C)CCCC.[H+]. The standard InChI is InChI=1S/C8H15N/c1-4-7-8-9(5-2)6-3/h5-6H,2-4,7-8H2,1H3/p+1. The highest BCUT2D eigenvalue weighted by atomic mass is 15.1. The molecular formula is C8H16N+. The van der Waals surface area contributed by atoms with Crippen LogP contribution in [0.15, 0.2) is 25.6 Å². The highest BCUT2D eigenvalue weighted by Crippen LogP contribution is 1.93. The summed E-state index contributed by atoms with van der Waals surface area (Å²) in [5.74, 6) is 0. The normalized spacial score (nSPS) is 8.56. The molecular weight excluding hydrogens is 110 g/mol. The minimum Gasteiger partial charge on any atom is -0.355 e. The molecule has 0 saturated heterocycles. The van der Waals surface area contributed by atoms with Crippen LogP contribution < -0.4 is 0 Å². The summed E-state index contributed by atoms with van der Waals surface area (Å²) >= 11 is 0. The Morgan fingerprint density at radius 2 is 2.00 bits per heavy atom. The number of hydrogen-bond acceptors (Lipinski definition) is 1. The summed E-state index contributed by atoms with van der Waals surface area (Å²) in [6.45, 7) is 10.5. The van der Waals surface area contributed by atoms with E-state index in [1.807, 2.05) is 4.90 Å². The van der Waals surface area contributed by atoms with E-state index in [-0.39, 0.29) is 1.43 Å². The third-order valence-corrected chi connectivity index (χ3v) is 1.24.